The quantitative estimate of drug-likeness (QED) is 0.623. The topological polar surface area (TPSA) is 91.4 Å². The highest BCUT2D eigenvalue weighted by atomic mass is 32.2. The van der Waals surface area contributed by atoms with Gasteiger partial charge in [0.15, 0.2) is 0 Å². The van der Waals surface area contributed by atoms with Crippen LogP contribution in [0.25, 0.3) is 0 Å². The van der Waals surface area contributed by atoms with Gasteiger partial charge in [0, 0.05) is 4.75 Å². The van der Waals surface area contributed by atoms with Crippen molar-refractivity contribution in [3.63, 3.8) is 0 Å². The maximum Gasteiger partial charge on any atom is 0.416 e. The Morgan fingerprint density at radius 3 is 2.07 bits per heavy atom. The number of aliphatic hydroxyl groups excluding tert-OH is 2. The minimum Gasteiger partial charge on any atom is -0.395 e. The number of nitrogens with zero attached hydrogens (tertiary/aromatic N) is 3. The fourth-order valence-corrected chi connectivity index (χ4v) is 4.12. The normalized spacial score (nSPS) is 15.1. The lowest BCUT2D eigenvalue weighted by Crippen LogP contribution is -2.50. The van der Waals surface area contributed by atoms with Gasteiger partial charge in [-0.2, -0.15) is 18.3 Å². The summed E-state index contributed by atoms with van der Waals surface area (Å²) < 4.78 is 39.0. The average Bonchev–Trinajstić information content (AvgIpc) is 3.11. The Morgan fingerprint density at radius 2 is 1.63 bits per heavy atom. The predicted octanol–water partition coefficient (Wildman–Crippen LogP) is 2.05. The van der Waals surface area contributed by atoms with Crippen molar-refractivity contribution in [1.29, 1.82) is 0 Å². The molecule has 0 saturated heterocycles. The molecule has 150 valence electrons. The molecule has 0 fully saturated rings. The molecule has 0 aliphatic rings. The summed E-state index contributed by atoms with van der Waals surface area (Å²) in [5.41, 5.74) is -2.21. The summed E-state index contributed by atoms with van der Waals surface area (Å²) in [7, 11) is 0. The van der Waals surface area contributed by atoms with Crippen molar-refractivity contribution < 1.29 is 28.5 Å². The van der Waals surface area contributed by atoms with Gasteiger partial charge < -0.3 is 15.3 Å². The number of thioether (sulfide) groups is 1. The summed E-state index contributed by atoms with van der Waals surface area (Å²) in [5, 5.41) is 33.8. The molecule has 0 aliphatic carbocycles. The molecule has 1 aromatic heterocycles. The third-order valence-corrected chi connectivity index (χ3v) is 5.97. The van der Waals surface area contributed by atoms with Crippen LogP contribution in [0, 0.1) is 0 Å². The summed E-state index contributed by atoms with van der Waals surface area (Å²) in [6, 6.07) is 4.29. The molecule has 0 amide bonds. The molecule has 3 N–H and O–H groups in total. The van der Waals surface area contributed by atoms with Crippen LogP contribution in [-0.2, 0) is 18.3 Å². The molecule has 1 heterocycles. The molecular formula is C17H22F3N3O3S. The molecule has 1 atom stereocenters. The first-order valence-corrected chi connectivity index (χ1v) is 9.03. The Bertz CT molecular complexity index is 719. The minimum absolute atomic E-state index is 0.0675. The molecule has 0 radical (unpaired) electrons. The molecule has 0 spiro atoms. The van der Waals surface area contributed by atoms with E-state index in [9.17, 15) is 28.5 Å². The largest absolute Gasteiger partial charge is 0.416 e. The highest BCUT2D eigenvalue weighted by Gasteiger charge is 2.47. The number of alkyl halides is 3. The number of benzene rings is 1. The van der Waals surface area contributed by atoms with Crippen LogP contribution in [0.1, 0.15) is 25.0 Å². The van der Waals surface area contributed by atoms with Crippen molar-refractivity contribution in [3.05, 3.63) is 48.0 Å². The molecule has 2 rings (SSSR count). The average molecular weight is 405 g/mol. The molecule has 0 saturated carbocycles. The van der Waals surface area contributed by atoms with Crippen LogP contribution < -0.4 is 0 Å². The highest BCUT2D eigenvalue weighted by molar-refractivity contribution is 8.01. The summed E-state index contributed by atoms with van der Waals surface area (Å²) in [4.78, 5) is 3.83. The summed E-state index contributed by atoms with van der Waals surface area (Å²) >= 11 is 1.15. The third kappa shape index (κ3) is 4.81. The van der Waals surface area contributed by atoms with Crippen molar-refractivity contribution in [2.75, 3.05) is 13.2 Å². The SMILES string of the molecule is CC(C)(SC(CO)CO)[C@@](O)(Cn1cncn1)c1ccc(C(F)(F)F)cc1. The maximum atomic E-state index is 12.9. The number of hydrogen-bond acceptors (Lipinski definition) is 6. The lowest BCUT2D eigenvalue weighted by atomic mass is 9.82. The van der Waals surface area contributed by atoms with E-state index < -0.39 is 27.3 Å². The molecule has 0 unspecified atom stereocenters. The first-order chi connectivity index (χ1) is 12.5. The zero-order chi connectivity index (χ0) is 20.3. The Kier molecular flexibility index (Phi) is 6.56. The smallest absolute Gasteiger partial charge is 0.395 e. The van der Waals surface area contributed by atoms with E-state index in [1.54, 1.807) is 13.8 Å². The van der Waals surface area contributed by atoms with Gasteiger partial charge in [-0.1, -0.05) is 12.1 Å². The third-order valence-electron chi connectivity index (χ3n) is 4.41. The van der Waals surface area contributed by atoms with E-state index in [1.165, 1.54) is 29.5 Å². The molecule has 0 bridgehead atoms. The Hall–Kier alpha value is -1.62. The van der Waals surface area contributed by atoms with Gasteiger partial charge in [0.1, 0.15) is 18.3 Å². The Morgan fingerprint density at radius 1 is 1.07 bits per heavy atom. The maximum absolute atomic E-state index is 12.9. The van der Waals surface area contributed by atoms with Gasteiger partial charge in [-0.15, -0.1) is 11.8 Å². The first-order valence-electron chi connectivity index (χ1n) is 8.15. The molecule has 6 nitrogen and oxygen atoms in total. The van der Waals surface area contributed by atoms with Crippen molar-refractivity contribution >= 4 is 11.8 Å². The van der Waals surface area contributed by atoms with Crippen molar-refractivity contribution in [2.45, 2.75) is 42.2 Å². The number of hydrogen-bond donors (Lipinski definition) is 3. The Balaban J connectivity index is 2.46. The second kappa shape index (κ2) is 8.17. The first kappa shape index (κ1) is 21.7. The van der Waals surface area contributed by atoms with Crippen molar-refractivity contribution in [3.8, 4) is 0 Å². The van der Waals surface area contributed by atoms with Crippen LogP contribution in [0.3, 0.4) is 0 Å². The van der Waals surface area contributed by atoms with Crippen molar-refractivity contribution in [2.24, 2.45) is 0 Å². The molecular weight excluding hydrogens is 383 g/mol. The van der Waals surface area contributed by atoms with Gasteiger partial charge in [-0.3, -0.25) is 0 Å². The predicted molar refractivity (Wildman–Crippen MR) is 95.0 cm³/mol. The van der Waals surface area contributed by atoms with E-state index in [0.717, 1.165) is 23.9 Å². The Labute approximate surface area is 159 Å². The van der Waals surface area contributed by atoms with Crippen LogP contribution in [0.15, 0.2) is 36.9 Å². The monoisotopic (exact) mass is 405 g/mol. The van der Waals surface area contributed by atoms with Gasteiger partial charge in [0.25, 0.3) is 0 Å². The van der Waals surface area contributed by atoms with Crippen LogP contribution in [0.4, 0.5) is 13.2 Å². The van der Waals surface area contributed by atoms with Crippen LogP contribution >= 0.6 is 11.8 Å². The fraction of sp³-hybridized carbons (Fsp3) is 0.529. The lowest BCUT2D eigenvalue weighted by Gasteiger charge is -2.44. The number of rotatable bonds is 8. The second-order valence-electron chi connectivity index (χ2n) is 6.64. The van der Waals surface area contributed by atoms with Gasteiger partial charge in [0.05, 0.1) is 30.6 Å². The van der Waals surface area contributed by atoms with E-state index in [2.05, 4.69) is 10.1 Å². The van der Waals surface area contributed by atoms with E-state index in [4.69, 9.17) is 0 Å². The van der Waals surface area contributed by atoms with E-state index in [-0.39, 0.29) is 25.3 Å². The summed E-state index contributed by atoms with van der Waals surface area (Å²) in [6.45, 7) is 2.71. The molecule has 0 aliphatic heterocycles. The van der Waals surface area contributed by atoms with Gasteiger partial charge in [0.2, 0.25) is 0 Å². The molecule has 27 heavy (non-hydrogen) atoms. The minimum atomic E-state index is -4.48. The highest BCUT2D eigenvalue weighted by Crippen LogP contribution is 2.45. The molecule has 2 aromatic rings. The fourth-order valence-electron chi connectivity index (χ4n) is 2.76. The number of aromatic nitrogens is 3. The zero-order valence-electron chi connectivity index (χ0n) is 14.9. The molecule has 10 heteroatoms. The van der Waals surface area contributed by atoms with Crippen molar-refractivity contribution in [1.82, 2.24) is 14.8 Å². The van der Waals surface area contributed by atoms with E-state index in [0.29, 0.717) is 0 Å². The second-order valence-corrected chi connectivity index (χ2v) is 8.57. The van der Waals surface area contributed by atoms with Crippen LogP contribution in [0.2, 0.25) is 0 Å². The molecule has 1 aromatic carbocycles. The van der Waals surface area contributed by atoms with Gasteiger partial charge >= 0.3 is 6.18 Å². The summed E-state index contributed by atoms with van der Waals surface area (Å²) in [6.07, 6.45) is -1.80. The number of halogens is 3. The van der Waals surface area contributed by atoms with Gasteiger partial charge in [-0.25, -0.2) is 9.67 Å². The van der Waals surface area contributed by atoms with Crippen LogP contribution in [-0.4, -0.2) is 53.3 Å². The van der Waals surface area contributed by atoms with E-state index >= 15 is 0 Å². The van der Waals surface area contributed by atoms with E-state index in [1.807, 2.05) is 0 Å². The lowest BCUT2D eigenvalue weighted by molar-refractivity contribution is -0.137. The van der Waals surface area contributed by atoms with Crippen LogP contribution in [0.5, 0.6) is 0 Å². The standard InChI is InChI=1S/C17H22F3N3O3S/c1-15(2,27-14(7-24)8-25)16(26,9-23-11-21-10-22-23)12-3-5-13(6-4-12)17(18,19)20/h3-6,10-11,14,24-26H,7-9H2,1-2H3/t16-/m1/s1. The zero-order valence-corrected chi connectivity index (χ0v) is 15.7. The number of aliphatic hydroxyl groups is 3. The summed E-state index contributed by atoms with van der Waals surface area (Å²) in [5.74, 6) is 0. The van der Waals surface area contributed by atoms with Gasteiger partial charge in [-0.05, 0) is 31.5 Å².